The summed E-state index contributed by atoms with van der Waals surface area (Å²) in [5, 5.41) is 12.8. The molecule has 0 aromatic heterocycles. The Morgan fingerprint density at radius 1 is 1.25 bits per heavy atom. The first-order chi connectivity index (χ1) is 9.38. The number of rotatable bonds is 5. The van der Waals surface area contributed by atoms with Crippen LogP contribution < -0.4 is 10.6 Å². The van der Waals surface area contributed by atoms with Crippen molar-refractivity contribution in [3.05, 3.63) is 28.5 Å². The van der Waals surface area contributed by atoms with E-state index in [1.165, 1.54) is 12.1 Å². The zero-order chi connectivity index (χ0) is 15.1. The molecule has 0 atom stereocenters. The number of nitrogens with one attached hydrogen (secondary N) is 2. The van der Waals surface area contributed by atoms with Crippen molar-refractivity contribution in [2.24, 2.45) is 0 Å². The quantitative estimate of drug-likeness (QED) is 0.763. The molecule has 1 rings (SSSR count). The topological polar surface area (TPSA) is 95.5 Å². The second-order valence-electron chi connectivity index (χ2n) is 3.88. The van der Waals surface area contributed by atoms with E-state index in [9.17, 15) is 18.8 Å². The van der Waals surface area contributed by atoms with Crippen molar-refractivity contribution in [1.29, 1.82) is 0 Å². The minimum absolute atomic E-state index is 0.0627. The van der Waals surface area contributed by atoms with Gasteiger partial charge < -0.3 is 10.4 Å². The highest BCUT2D eigenvalue weighted by Crippen LogP contribution is 2.19. The average molecular weight is 347 g/mol. The van der Waals surface area contributed by atoms with Crippen LogP contribution >= 0.6 is 15.9 Å². The lowest BCUT2D eigenvalue weighted by Gasteiger charge is -2.07. The lowest BCUT2D eigenvalue weighted by Crippen LogP contribution is -2.34. The van der Waals surface area contributed by atoms with Crippen molar-refractivity contribution in [3.8, 4) is 0 Å². The molecule has 0 aliphatic carbocycles. The summed E-state index contributed by atoms with van der Waals surface area (Å²) in [5.41, 5.74) is 0.314. The number of hydrogen-bond donors (Lipinski definition) is 3. The molecule has 0 fully saturated rings. The first-order valence-electron chi connectivity index (χ1n) is 5.66. The summed E-state index contributed by atoms with van der Waals surface area (Å²) < 4.78 is 13.2. The first kappa shape index (κ1) is 16.1. The number of urea groups is 1. The van der Waals surface area contributed by atoms with Crippen LogP contribution in [0.5, 0.6) is 0 Å². The van der Waals surface area contributed by atoms with Crippen molar-refractivity contribution in [3.63, 3.8) is 0 Å². The maximum Gasteiger partial charge on any atom is 0.325 e. The highest BCUT2D eigenvalue weighted by atomic mass is 79.9. The summed E-state index contributed by atoms with van der Waals surface area (Å²) in [6.45, 7) is 0. The fraction of sp³-hybridized carbons (Fsp3) is 0.250. The van der Waals surface area contributed by atoms with Crippen LogP contribution in [0.3, 0.4) is 0 Å². The van der Waals surface area contributed by atoms with Gasteiger partial charge in [-0.05, 0) is 40.5 Å². The van der Waals surface area contributed by atoms with Crippen LogP contribution in [0.4, 0.5) is 14.9 Å². The van der Waals surface area contributed by atoms with E-state index in [4.69, 9.17) is 5.11 Å². The molecule has 0 unspecified atom stereocenters. The monoisotopic (exact) mass is 346 g/mol. The number of carbonyl (C=O) groups excluding carboxylic acids is 2. The Balaban J connectivity index is 2.41. The molecule has 8 heteroatoms. The van der Waals surface area contributed by atoms with Crippen LogP contribution in [0, 0.1) is 5.82 Å². The van der Waals surface area contributed by atoms with Gasteiger partial charge >= 0.3 is 12.0 Å². The van der Waals surface area contributed by atoms with Crippen molar-refractivity contribution in [1.82, 2.24) is 5.32 Å². The smallest absolute Gasteiger partial charge is 0.325 e. The number of carboxylic acid groups (broad SMARTS) is 1. The number of hydrogen-bond acceptors (Lipinski definition) is 3. The highest BCUT2D eigenvalue weighted by molar-refractivity contribution is 9.10. The summed E-state index contributed by atoms with van der Waals surface area (Å²) in [5.74, 6) is -2.05. The van der Waals surface area contributed by atoms with Gasteiger partial charge in [-0.2, -0.15) is 0 Å². The van der Waals surface area contributed by atoms with E-state index in [-0.39, 0.29) is 23.7 Å². The highest BCUT2D eigenvalue weighted by Gasteiger charge is 2.09. The van der Waals surface area contributed by atoms with E-state index in [1.807, 2.05) is 5.32 Å². The molecular formula is C12H12BrFN2O4. The molecule has 3 amide bonds. The van der Waals surface area contributed by atoms with Crippen molar-refractivity contribution in [2.45, 2.75) is 19.3 Å². The molecule has 0 saturated carbocycles. The van der Waals surface area contributed by atoms with Gasteiger partial charge in [0.2, 0.25) is 5.91 Å². The van der Waals surface area contributed by atoms with E-state index in [0.717, 1.165) is 6.07 Å². The normalized spacial score (nSPS) is 9.90. The van der Waals surface area contributed by atoms with Gasteiger partial charge in [0.05, 0.1) is 4.47 Å². The Hall–Kier alpha value is -1.96. The summed E-state index contributed by atoms with van der Waals surface area (Å²) in [6, 6.07) is 3.09. The molecule has 108 valence electrons. The molecule has 6 nitrogen and oxygen atoms in total. The third-order valence-corrected chi connectivity index (χ3v) is 2.83. The second kappa shape index (κ2) is 7.59. The van der Waals surface area contributed by atoms with Crippen LogP contribution in [0.25, 0.3) is 0 Å². The standard InChI is InChI=1S/C12H12BrFN2O4/c13-8-6-7(4-5-9(8)14)15-12(20)16-10(17)2-1-3-11(18)19/h4-6H,1-3H2,(H,18,19)(H2,15,16,17,20). The van der Waals surface area contributed by atoms with Crippen LogP contribution in [-0.2, 0) is 9.59 Å². The van der Waals surface area contributed by atoms with E-state index in [2.05, 4.69) is 21.2 Å². The minimum Gasteiger partial charge on any atom is -0.481 e. The Kier molecular flexibility index (Phi) is 6.10. The van der Waals surface area contributed by atoms with Gasteiger partial charge in [-0.15, -0.1) is 0 Å². The number of amides is 3. The molecule has 0 aliphatic heterocycles. The molecule has 0 spiro atoms. The molecule has 20 heavy (non-hydrogen) atoms. The average Bonchev–Trinajstić information content (AvgIpc) is 2.33. The molecule has 0 saturated heterocycles. The summed E-state index contributed by atoms with van der Waals surface area (Å²) in [6.07, 6.45) is -0.0523. The summed E-state index contributed by atoms with van der Waals surface area (Å²) in [7, 11) is 0. The Morgan fingerprint density at radius 2 is 1.95 bits per heavy atom. The van der Waals surface area contributed by atoms with Crippen LogP contribution in [0.15, 0.2) is 22.7 Å². The number of aliphatic carboxylic acids is 1. The minimum atomic E-state index is -1.00. The van der Waals surface area contributed by atoms with Gasteiger partial charge in [0.1, 0.15) is 5.82 Å². The number of imide groups is 1. The number of carboxylic acids is 1. The van der Waals surface area contributed by atoms with E-state index >= 15 is 0 Å². The fourth-order valence-electron chi connectivity index (χ4n) is 1.33. The van der Waals surface area contributed by atoms with Gasteiger partial charge in [-0.3, -0.25) is 14.9 Å². The van der Waals surface area contributed by atoms with Crippen molar-refractivity contribution in [2.75, 3.05) is 5.32 Å². The Bertz CT molecular complexity index is 536. The fourth-order valence-corrected chi connectivity index (χ4v) is 1.70. The zero-order valence-corrected chi connectivity index (χ0v) is 11.9. The maximum atomic E-state index is 13.0. The number of carbonyl (C=O) groups is 3. The number of halogens is 2. The molecule has 1 aromatic carbocycles. The SMILES string of the molecule is O=C(O)CCCC(=O)NC(=O)Nc1ccc(F)c(Br)c1. The van der Waals surface area contributed by atoms with E-state index in [0.29, 0.717) is 5.69 Å². The van der Waals surface area contributed by atoms with Crippen LogP contribution in [0.1, 0.15) is 19.3 Å². The lowest BCUT2D eigenvalue weighted by molar-refractivity contribution is -0.137. The third-order valence-electron chi connectivity index (χ3n) is 2.22. The Morgan fingerprint density at radius 3 is 2.55 bits per heavy atom. The number of benzene rings is 1. The lowest BCUT2D eigenvalue weighted by atomic mass is 10.2. The largest absolute Gasteiger partial charge is 0.481 e. The molecule has 0 aliphatic rings. The van der Waals surface area contributed by atoms with Gasteiger partial charge in [0, 0.05) is 18.5 Å². The van der Waals surface area contributed by atoms with Crippen LogP contribution in [-0.4, -0.2) is 23.0 Å². The summed E-state index contributed by atoms with van der Waals surface area (Å²) in [4.78, 5) is 33.0. The second-order valence-corrected chi connectivity index (χ2v) is 4.73. The molecule has 3 N–H and O–H groups in total. The maximum absolute atomic E-state index is 13.0. The predicted molar refractivity (Wildman–Crippen MR) is 72.7 cm³/mol. The van der Waals surface area contributed by atoms with Crippen LogP contribution in [0.2, 0.25) is 0 Å². The van der Waals surface area contributed by atoms with Crippen molar-refractivity contribution < 1.29 is 23.9 Å². The summed E-state index contributed by atoms with van der Waals surface area (Å²) >= 11 is 2.97. The van der Waals surface area contributed by atoms with Crippen molar-refractivity contribution >= 4 is 39.5 Å². The molecule has 0 bridgehead atoms. The third kappa shape index (κ3) is 5.79. The molecular weight excluding hydrogens is 335 g/mol. The zero-order valence-electron chi connectivity index (χ0n) is 10.3. The molecule has 1 aromatic rings. The molecule has 0 heterocycles. The van der Waals surface area contributed by atoms with Gasteiger partial charge in [-0.25, -0.2) is 9.18 Å². The molecule has 0 radical (unpaired) electrons. The van der Waals surface area contributed by atoms with Gasteiger partial charge in [-0.1, -0.05) is 0 Å². The Labute approximate surface area is 122 Å². The first-order valence-corrected chi connectivity index (χ1v) is 6.45. The van der Waals surface area contributed by atoms with Gasteiger partial charge in [0.25, 0.3) is 0 Å². The van der Waals surface area contributed by atoms with E-state index in [1.54, 1.807) is 0 Å². The van der Waals surface area contributed by atoms with E-state index < -0.39 is 23.7 Å². The van der Waals surface area contributed by atoms with Gasteiger partial charge in [0.15, 0.2) is 0 Å². The predicted octanol–water partition coefficient (Wildman–Crippen LogP) is 2.49. The number of anilines is 1.